The Morgan fingerprint density at radius 2 is 2.05 bits per heavy atom. The van der Waals surface area contributed by atoms with Gasteiger partial charge in [-0.2, -0.15) is 0 Å². The normalized spacial score (nSPS) is 18.1. The average Bonchev–Trinajstić information content (AvgIpc) is 2.38. The zero-order valence-corrected chi connectivity index (χ0v) is 12.8. The lowest BCUT2D eigenvalue weighted by Crippen LogP contribution is -2.38. The first kappa shape index (κ1) is 15.0. The molecule has 2 heterocycles. The van der Waals surface area contributed by atoms with Crippen molar-refractivity contribution in [1.82, 2.24) is 9.88 Å². The Bertz CT molecular complexity index is 468. The number of amidine groups is 1. The molecule has 1 aliphatic rings. The van der Waals surface area contributed by atoms with Gasteiger partial charge in [-0.1, -0.05) is 26.8 Å². The van der Waals surface area contributed by atoms with Crippen LogP contribution < -0.4 is 5.73 Å². The van der Waals surface area contributed by atoms with Crippen LogP contribution in [0.5, 0.6) is 0 Å². The summed E-state index contributed by atoms with van der Waals surface area (Å²) in [7, 11) is 0. The molecular weight excluding hydrogens is 248 g/mol. The molecule has 4 nitrogen and oxygen atoms in total. The lowest BCUT2D eigenvalue weighted by atomic mass is 9.75. The van der Waals surface area contributed by atoms with Gasteiger partial charge in [0.25, 0.3) is 0 Å². The molecule has 0 amide bonds. The minimum Gasteiger partial charge on any atom is -0.382 e. The number of hydrogen-bond acceptors (Lipinski definition) is 3. The van der Waals surface area contributed by atoms with Crippen LogP contribution in [0.25, 0.3) is 0 Å². The number of nitrogens with one attached hydrogen (secondary N) is 1. The summed E-state index contributed by atoms with van der Waals surface area (Å²) in [5.41, 5.74) is 7.70. The fraction of sp³-hybridized carbons (Fsp3) is 0.625. The summed E-state index contributed by atoms with van der Waals surface area (Å²) in [6.07, 6.45) is 4.20. The van der Waals surface area contributed by atoms with Gasteiger partial charge < -0.3 is 5.73 Å². The largest absolute Gasteiger partial charge is 0.382 e. The van der Waals surface area contributed by atoms with Crippen molar-refractivity contribution in [1.29, 1.82) is 5.41 Å². The Labute approximate surface area is 121 Å². The van der Waals surface area contributed by atoms with Gasteiger partial charge in [-0.05, 0) is 48.9 Å². The molecule has 3 N–H and O–H groups in total. The number of likely N-dealkylation sites (tertiary alicyclic amines) is 1. The van der Waals surface area contributed by atoms with Crippen LogP contribution in [0.4, 0.5) is 0 Å². The van der Waals surface area contributed by atoms with Gasteiger partial charge in [0.05, 0.1) is 0 Å². The van der Waals surface area contributed by atoms with Crippen LogP contribution >= 0.6 is 0 Å². The van der Waals surface area contributed by atoms with E-state index in [0.29, 0.717) is 11.1 Å². The molecule has 0 bridgehead atoms. The van der Waals surface area contributed by atoms with E-state index >= 15 is 0 Å². The molecule has 0 unspecified atom stereocenters. The van der Waals surface area contributed by atoms with E-state index < -0.39 is 0 Å². The zero-order chi connectivity index (χ0) is 14.8. The molecule has 1 fully saturated rings. The summed E-state index contributed by atoms with van der Waals surface area (Å²) < 4.78 is 0. The van der Waals surface area contributed by atoms with Crippen molar-refractivity contribution in [3.05, 3.63) is 29.6 Å². The van der Waals surface area contributed by atoms with Crippen LogP contribution in [-0.2, 0) is 6.54 Å². The first-order valence-corrected chi connectivity index (χ1v) is 7.38. The van der Waals surface area contributed by atoms with Gasteiger partial charge in [-0.15, -0.1) is 0 Å². The molecule has 1 aliphatic heterocycles. The van der Waals surface area contributed by atoms with E-state index in [-0.39, 0.29) is 5.84 Å². The molecular formula is C16H26N4. The fourth-order valence-corrected chi connectivity index (χ4v) is 3.01. The van der Waals surface area contributed by atoms with Gasteiger partial charge in [0.2, 0.25) is 0 Å². The highest BCUT2D eigenvalue weighted by molar-refractivity contribution is 5.94. The van der Waals surface area contributed by atoms with Gasteiger partial charge >= 0.3 is 0 Å². The molecule has 0 saturated carbocycles. The fourth-order valence-electron chi connectivity index (χ4n) is 3.01. The Morgan fingerprint density at radius 1 is 1.40 bits per heavy atom. The van der Waals surface area contributed by atoms with Crippen LogP contribution in [0, 0.1) is 16.7 Å². The number of nitrogens with zero attached hydrogens (tertiary/aromatic N) is 2. The Hall–Kier alpha value is -1.42. The highest BCUT2D eigenvalue weighted by Gasteiger charge is 2.28. The lowest BCUT2D eigenvalue weighted by Gasteiger charge is -2.38. The van der Waals surface area contributed by atoms with Crippen LogP contribution in [0.2, 0.25) is 0 Å². The highest BCUT2D eigenvalue weighted by atomic mass is 15.1. The van der Waals surface area contributed by atoms with Crippen molar-refractivity contribution in [2.45, 2.75) is 40.2 Å². The number of nitrogens with two attached hydrogens (primary N) is 1. The number of nitrogen functional groups attached to an aromatic ring is 1. The van der Waals surface area contributed by atoms with Crippen molar-refractivity contribution >= 4 is 5.84 Å². The first-order valence-electron chi connectivity index (χ1n) is 7.38. The predicted molar refractivity (Wildman–Crippen MR) is 82.7 cm³/mol. The molecule has 4 heteroatoms. The molecule has 110 valence electrons. The highest BCUT2D eigenvalue weighted by Crippen LogP contribution is 2.34. The predicted octanol–water partition coefficient (Wildman–Crippen LogP) is 2.62. The minimum absolute atomic E-state index is 0.0603. The van der Waals surface area contributed by atoms with E-state index in [9.17, 15) is 0 Å². The van der Waals surface area contributed by atoms with E-state index in [0.717, 1.165) is 31.1 Å². The van der Waals surface area contributed by atoms with Crippen molar-refractivity contribution < 1.29 is 0 Å². The second kappa shape index (κ2) is 5.92. The quantitative estimate of drug-likeness (QED) is 0.658. The van der Waals surface area contributed by atoms with Crippen molar-refractivity contribution in [3.63, 3.8) is 0 Å². The number of piperidine rings is 1. The number of rotatable bonds is 3. The molecule has 0 aliphatic carbocycles. The van der Waals surface area contributed by atoms with Crippen LogP contribution in [0.3, 0.4) is 0 Å². The van der Waals surface area contributed by atoms with Gasteiger partial charge in [0.1, 0.15) is 11.5 Å². The molecule has 0 aromatic carbocycles. The van der Waals surface area contributed by atoms with E-state index in [1.165, 1.54) is 12.8 Å². The van der Waals surface area contributed by atoms with Crippen LogP contribution in [-0.4, -0.2) is 28.8 Å². The maximum Gasteiger partial charge on any atom is 0.142 e. The lowest BCUT2D eigenvalue weighted by molar-refractivity contribution is 0.108. The summed E-state index contributed by atoms with van der Waals surface area (Å²) in [5, 5.41) is 7.60. The van der Waals surface area contributed by atoms with Crippen molar-refractivity contribution in [2.75, 3.05) is 13.1 Å². The minimum atomic E-state index is 0.0603. The maximum atomic E-state index is 7.60. The first-order chi connectivity index (χ1) is 9.38. The number of pyridine rings is 1. The second-order valence-corrected chi connectivity index (χ2v) is 6.84. The smallest absolute Gasteiger partial charge is 0.142 e. The third-order valence-corrected chi connectivity index (χ3v) is 4.35. The van der Waals surface area contributed by atoms with Gasteiger partial charge in [0.15, 0.2) is 0 Å². The molecule has 1 aromatic rings. The molecule has 0 radical (unpaired) electrons. The van der Waals surface area contributed by atoms with Crippen LogP contribution in [0.1, 0.15) is 44.9 Å². The zero-order valence-electron chi connectivity index (χ0n) is 12.8. The molecule has 1 aromatic heterocycles. The second-order valence-electron chi connectivity index (χ2n) is 6.84. The van der Waals surface area contributed by atoms with E-state index in [1.807, 2.05) is 12.1 Å². The standard InChI is InChI=1S/C16H26N4/c1-16(2,3)13-6-9-20(10-7-13)11-12-5-4-8-19-14(12)15(17)18/h4-5,8,13H,6-7,9-11H2,1-3H3,(H3,17,18). The third kappa shape index (κ3) is 3.57. The summed E-state index contributed by atoms with van der Waals surface area (Å²) >= 11 is 0. The topological polar surface area (TPSA) is 66.0 Å². The number of aromatic nitrogens is 1. The van der Waals surface area contributed by atoms with Crippen molar-refractivity contribution in [2.24, 2.45) is 17.1 Å². The van der Waals surface area contributed by atoms with Crippen LogP contribution in [0.15, 0.2) is 18.3 Å². The van der Waals surface area contributed by atoms with E-state index in [1.54, 1.807) is 6.20 Å². The Morgan fingerprint density at radius 3 is 2.60 bits per heavy atom. The molecule has 2 rings (SSSR count). The Balaban J connectivity index is 1.98. The number of hydrogen-bond donors (Lipinski definition) is 2. The summed E-state index contributed by atoms with van der Waals surface area (Å²) in [5.74, 6) is 0.866. The third-order valence-electron chi connectivity index (χ3n) is 4.35. The molecule has 1 saturated heterocycles. The van der Waals surface area contributed by atoms with E-state index in [4.69, 9.17) is 11.1 Å². The maximum absolute atomic E-state index is 7.60. The SMILES string of the molecule is CC(C)(C)C1CCN(Cc2cccnc2C(=N)N)CC1. The van der Waals surface area contributed by atoms with E-state index in [2.05, 4.69) is 30.7 Å². The average molecular weight is 274 g/mol. The Kier molecular flexibility index (Phi) is 4.43. The van der Waals surface area contributed by atoms with Crippen molar-refractivity contribution in [3.8, 4) is 0 Å². The molecule has 0 atom stereocenters. The molecule has 20 heavy (non-hydrogen) atoms. The summed E-state index contributed by atoms with van der Waals surface area (Å²) in [6, 6.07) is 3.95. The van der Waals surface area contributed by atoms with Gasteiger partial charge in [-0.3, -0.25) is 15.3 Å². The molecule has 0 spiro atoms. The summed E-state index contributed by atoms with van der Waals surface area (Å²) in [4.78, 5) is 6.67. The monoisotopic (exact) mass is 274 g/mol. The summed E-state index contributed by atoms with van der Waals surface area (Å²) in [6.45, 7) is 10.1. The van der Waals surface area contributed by atoms with Gasteiger partial charge in [0, 0.05) is 12.7 Å². The van der Waals surface area contributed by atoms with Gasteiger partial charge in [-0.25, -0.2) is 0 Å².